The molecule has 0 aromatic heterocycles. The molecular formula is C21H21NO4. The molecule has 2 aromatic carbocycles. The van der Waals surface area contributed by atoms with Gasteiger partial charge in [-0.2, -0.15) is 0 Å². The lowest BCUT2D eigenvalue weighted by atomic mass is 9.92. The van der Waals surface area contributed by atoms with Gasteiger partial charge in [0.2, 0.25) is 0 Å². The Balaban J connectivity index is 1.79. The van der Waals surface area contributed by atoms with E-state index in [0.717, 1.165) is 11.1 Å². The molecule has 0 aliphatic carbocycles. The molecule has 5 nitrogen and oxygen atoms in total. The van der Waals surface area contributed by atoms with E-state index in [2.05, 4.69) is 19.2 Å². The van der Waals surface area contributed by atoms with Crippen LogP contribution in [0.2, 0.25) is 0 Å². The van der Waals surface area contributed by atoms with Gasteiger partial charge in [-0.25, -0.2) is 4.79 Å². The summed E-state index contributed by atoms with van der Waals surface area (Å²) in [4.78, 5) is 36.3. The molecule has 2 aromatic rings. The fourth-order valence-corrected chi connectivity index (χ4v) is 2.96. The summed E-state index contributed by atoms with van der Waals surface area (Å²) in [6.07, 6.45) is -0.557. The summed E-state index contributed by atoms with van der Waals surface area (Å²) in [6, 6.07) is 12.3. The Morgan fingerprint density at radius 3 is 2.62 bits per heavy atom. The van der Waals surface area contributed by atoms with E-state index in [1.807, 2.05) is 12.1 Å². The maximum absolute atomic E-state index is 12.5. The van der Waals surface area contributed by atoms with E-state index >= 15 is 0 Å². The maximum atomic E-state index is 12.5. The van der Waals surface area contributed by atoms with Gasteiger partial charge in [0.15, 0.2) is 11.9 Å². The first-order valence-corrected chi connectivity index (χ1v) is 8.61. The Hall–Kier alpha value is -2.95. The SMILES string of the molecule is CC(=O)c1cccc(NC(=O)C2Cc3cc(C(C)C)ccc3C(=O)O2)c1. The van der Waals surface area contributed by atoms with Crippen LogP contribution in [0.4, 0.5) is 5.69 Å². The molecule has 1 amide bonds. The van der Waals surface area contributed by atoms with Crippen LogP contribution < -0.4 is 5.32 Å². The van der Waals surface area contributed by atoms with Gasteiger partial charge in [0.05, 0.1) is 5.56 Å². The Bertz CT molecular complexity index is 885. The number of ether oxygens (including phenoxy) is 1. The number of ketones is 1. The quantitative estimate of drug-likeness (QED) is 0.673. The average Bonchev–Trinajstić information content (AvgIpc) is 2.61. The molecule has 1 heterocycles. The summed E-state index contributed by atoms with van der Waals surface area (Å²) < 4.78 is 5.31. The van der Waals surface area contributed by atoms with Crippen molar-refractivity contribution in [3.05, 3.63) is 64.7 Å². The second-order valence-corrected chi connectivity index (χ2v) is 6.80. The monoisotopic (exact) mass is 351 g/mol. The average molecular weight is 351 g/mol. The molecule has 134 valence electrons. The van der Waals surface area contributed by atoms with Gasteiger partial charge in [-0.3, -0.25) is 9.59 Å². The van der Waals surface area contributed by atoms with E-state index in [1.54, 1.807) is 30.3 Å². The summed E-state index contributed by atoms with van der Waals surface area (Å²) in [7, 11) is 0. The second-order valence-electron chi connectivity index (χ2n) is 6.80. The minimum absolute atomic E-state index is 0.0830. The van der Waals surface area contributed by atoms with Crippen molar-refractivity contribution < 1.29 is 19.1 Å². The van der Waals surface area contributed by atoms with E-state index in [0.29, 0.717) is 29.2 Å². The number of Topliss-reactive ketones (excluding diaryl/α,β-unsaturated/α-hetero) is 1. The molecule has 0 spiro atoms. The number of fused-ring (bicyclic) bond motifs is 1. The van der Waals surface area contributed by atoms with Gasteiger partial charge >= 0.3 is 5.97 Å². The predicted octanol–water partition coefficient (Wildman–Crippen LogP) is 3.73. The lowest BCUT2D eigenvalue weighted by Gasteiger charge is -2.25. The highest BCUT2D eigenvalue weighted by Crippen LogP contribution is 2.26. The molecule has 5 heteroatoms. The number of hydrogen-bond acceptors (Lipinski definition) is 4. The van der Waals surface area contributed by atoms with Gasteiger partial charge in [0, 0.05) is 17.7 Å². The van der Waals surface area contributed by atoms with Crippen LogP contribution in [0.1, 0.15) is 58.5 Å². The smallest absolute Gasteiger partial charge is 0.339 e. The molecule has 1 N–H and O–H groups in total. The van der Waals surface area contributed by atoms with Gasteiger partial charge in [-0.1, -0.05) is 38.1 Å². The Morgan fingerprint density at radius 1 is 1.15 bits per heavy atom. The van der Waals surface area contributed by atoms with Gasteiger partial charge in [-0.05, 0) is 42.2 Å². The molecule has 0 saturated carbocycles. The highest BCUT2D eigenvalue weighted by Gasteiger charge is 2.31. The van der Waals surface area contributed by atoms with Crippen molar-refractivity contribution in [1.82, 2.24) is 0 Å². The van der Waals surface area contributed by atoms with Crippen molar-refractivity contribution >= 4 is 23.3 Å². The molecule has 3 rings (SSSR count). The summed E-state index contributed by atoms with van der Waals surface area (Å²) in [5.41, 5.74) is 3.46. The number of esters is 1. The third-order valence-electron chi connectivity index (χ3n) is 4.50. The van der Waals surface area contributed by atoms with Gasteiger partial charge in [0.1, 0.15) is 0 Å². The number of cyclic esters (lactones) is 1. The van der Waals surface area contributed by atoms with E-state index < -0.39 is 18.0 Å². The standard InChI is InChI=1S/C21H21NO4/c1-12(2)14-7-8-18-16(9-14)11-19(26-21(18)25)20(24)22-17-6-4-5-15(10-17)13(3)23/h4-10,12,19H,11H2,1-3H3,(H,22,24). The third-order valence-corrected chi connectivity index (χ3v) is 4.50. The van der Waals surface area contributed by atoms with Gasteiger partial charge < -0.3 is 10.1 Å². The Labute approximate surface area is 152 Å². The van der Waals surface area contributed by atoms with Crippen LogP contribution in [-0.4, -0.2) is 23.8 Å². The number of nitrogens with one attached hydrogen (secondary N) is 1. The van der Waals surface area contributed by atoms with Crippen molar-refractivity contribution in [3.8, 4) is 0 Å². The molecular weight excluding hydrogens is 330 g/mol. The first-order valence-electron chi connectivity index (χ1n) is 8.61. The zero-order valence-corrected chi connectivity index (χ0v) is 15.0. The highest BCUT2D eigenvalue weighted by molar-refractivity contribution is 6.01. The Morgan fingerprint density at radius 2 is 1.92 bits per heavy atom. The molecule has 26 heavy (non-hydrogen) atoms. The molecule has 1 unspecified atom stereocenters. The molecule has 0 saturated heterocycles. The number of carbonyl (C=O) groups excluding carboxylic acids is 3. The van der Waals surface area contributed by atoms with Crippen molar-refractivity contribution in [1.29, 1.82) is 0 Å². The molecule has 0 bridgehead atoms. The van der Waals surface area contributed by atoms with E-state index in [9.17, 15) is 14.4 Å². The molecule has 1 aliphatic heterocycles. The van der Waals surface area contributed by atoms with Crippen molar-refractivity contribution in [3.63, 3.8) is 0 Å². The van der Waals surface area contributed by atoms with Crippen molar-refractivity contribution in [2.24, 2.45) is 0 Å². The minimum Gasteiger partial charge on any atom is -0.448 e. The predicted molar refractivity (Wildman–Crippen MR) is 98.5 cm³/mol. The van der Waals surface area contributed by atoms with Crippen LogP contribution >= 0.6 is 0 Å². The largest absolute Gasteiger partial charge is 0.448 e. The van der Waals surface area contributed by atoms with Crippen LogP contribution in [-0.2, 0) is 16.0 Å². The number of benzene rings is 2. The van der Waals surface area contributed by atoms with E-state index in [-0.39, 0.29) is 5.78 Å². The fourth-order valence-electron chi connectivity index (χ4n) is 2.96. The lowest BCUT2D eigenvalue weighted by molar-refractivity contribution is -0.125. The molecule has 0 fully saturated rings. The Kier molecular flexibility index (Phi) is 4.89. The summed E-state index contributed by atoms with van der Waals surface area (Å²) in [5, 5.41) is 2.73. The number of amides is 1. The molecule has 1 atom stereocenters. The first-order chi connectivity index (χ1) is 12.3. The lowest BCUT2D eigenvalue weighted by Crippen LogP contribution is -2.38. The minimum atomic E-state index is -0.890. The van der Waals surface area contributed by atoms with Gasteiger partial charge in [0.25, 0.3) is 5.91 Å². The third kappa shape index (κ3) is 3.67. The number of anilines is 1. The van der Waals surface area contributed by atoms with Crippen LogP contribution in [0.3, 0.4) is 0 Å². The van der Waals surface area contributed by atoms with E-state index in [1.165, 1.54) is 6.92 Å². The molecule has 0 radical (unpaired) electrons. The second kappa shape index (κ2) is 7.12. The zero-order valence-electron chi connectivity index (χ0n) is 15.0. The maximum Gasteiger partial charge on any atom is 0.339 e. The topological polar surface area (TPSA) is 72.5 Å². The summed E-state index contributed by atoms with van der Waals surface area (Å²) >= 11 is 0. The normalized spacial score (nSPS) is 16.0. The molecule has 1 aliphatic rings. The van der Waals surface area contributed by atoms with Crippen molar-refractivity contribution in [2.45, 2.75) is 39.2 Å². The summed E-state index contributed by atoms with van der Waals surface area (Å²) in [5.74, 6) is -0.640. The van der Waals surface area contributed by atoms with Gasteiger partial charge in [-0.15, -0.1) is 0 Å². The van der Waals surface area contributed by atoms with Crippen molar-refractivity contribution in [2.75, 3.05) is 5.32 Å². The van der Waals surface area contributed by atoms with Crippen LogP contribution in [0.5, 0.6) is 0 Å². The number of carbonyl (C=O) groups is 3. The fraction of sp³-hybridized carbons (Fsp3) is 0.286. The van der Waals surface area contributed by atoms with Crippen LogP contribution in [0, 0.1) is 0 Å². The van der Waals surface area contributed by atoms with Crippen LogP contribution in [0.15, 0.2) is 42.5 Å². The zero-order chi connectivity index (χ0) is 18.8. The first kappa shape index (κ1) is 17.9. The number of hydrogen-bond donors (Lipinski definition) is 1. The summed E-state index contributed by atoms with van der Waals surface area (Å²) in [6.45, 7) is 5.62. The van der Waals surface area contributed by atoms with E-state index in [4.69, 9.17) is 4.74 Å². The highest BCUT2D eigenvalue weighted by atomic mass is 16.5. The number of rotatable bonds is 4. The van der Waals surface area contributed by atoms with Crippen LogP contribution in [0.25, 0.3) is 0 Å².